The number of Topliss-reactive ketones (excluding diaryl/α,β-unsaturated/α-hetero) is 1. The summed E-state index contributed by atoms with van der Waals surface area (Å²) < 4.78 is 26.7. The predicted octanol–water partition coefficient (Wildman–Crippen LogP) is 3.10. The van der Waals surface area contributed by atoms with E-state index in [0.717, 1.165) is 12.1 Å². The third kappa shape index (κ3) is 2.37. The molecule has 0 bridgehead atoms. The smallest absolute Gasteiger partial charge is 0.171 e. The van der Waals surface area contributed by atoms with Crippen LogP contribution in [-0.2, 0) is 6.42 Å². The molecule has 0 saturated carbocycles. The van der Waals surface area contributed by atoms with Crippen LogP contribution in [0.2, 0.25) is 0 Å². The Morgan fingerprint density at radius 2 is 1.61 bits per heavy atom. The molecule has 18 heavy (non-hydrogen) atoms. The predicted molar refractivity (Wildman–Crippen MR) is 62.5 cm³/mol. The van der Waals surface area contributed by atoms with Crippen molar-refractivity contribution in [2.24, 2.45) is 0 Å². The largest absolute Gasteiger partial charge is 0.507 e. The molecule has 4 heteroatoms. The summed E-state index contributed by atoms with van der Waals surface area (Å²) in [6, 6.07) is 9.33. The van der Waals surface area contributed by atoms with Crippen molar-refractivity contribution in [2.45, 2.75) is 6.42 Å². The zero-order valence-corrected chi connectivity index (χ0v) is 9.36. The number of ketones is 1. The number of hydrogen-bond acceptors (Lipinski definition) is 2. The van der Waals surface area contributed by atoms with E-state index >= 15 is 0 Å². The van der Waals surface area contributed by atoms with E-state index in [2.05, 4.69) is 0 Å². The minimum atomic E-state index is -0.765. The van der Waals surface area contributed by atoms with Gasteiger partial charge in [0.2, 0.25) is 0 Å². The normalized spacial score (nSPS) is 10.3. The lowest BCUT2D eigenvalue weighted by Crippen LogP contribution is -2.07. The summed E-state index contributed by atoms with van der Waals surface area (Å²) in [5.41, 5.74) is -0.231. The van der Waals surface area contributed by atoms with Crippen LogP contribution in [0.5, 0.6) is 5.75 Å². The molecule has 0 aromatic heterocycles. The summed E-state index contributed by atoms with van der Waals surface area (Å²) in [5.74, 6) is -2.26. The van der Waals surface area contributed by atoms with E-state index in [0.29, 0.717) is 0 Å². The van der Waals surface area contributed by atoms with Crippen molar-refractivity contribution < 1.29 is 18.7 Å². The van der Waals surface area contributed by atoms with Crippen molar-refractivity contribution >= 4 is 5.78 Å². The monoisotopic (exact) mass is 248 g/mol. The van der Waals surface area contributed by atoms with Gasteiger partial charge in [-0.2, -0.15) is 0 Å². The molecule has 0 atom stereocenters. The number of phenols is 1. The number of carbonyl (C=O) groups is 1. The quantitative estimate of drug-likeness (QED) is 0.847. The molecule has 92 valence electrons. The molecule has 2 aromatic rings. The van der Waals surface area contributed by atoms with Crippen LogP contribution in [0.15, 0.2) is 42.5 Å². The van der Waals surface area contributed by atoms with Crippen LogP contribution < -0.4 is 0 Å². The number of aromatic hydroxyl groups is 1. The lowest BCUT2D eigenvalue weighted by atomic mass is 10.0. The molecule has 0 aliphatic heterocycles. The van der Waals surface area contributed by atoms with Crippen LogP contribution in [-0.4, -0.2) is 10.9 Å². The first kappa shape index (κ1) is 12.2. The topological polar surface area (TPSA) is 37.3 Å². The van der Waals surface area contributed by atoms with Gasteiger partial charge >= 0.3 is 0 Å². The molecule has 0 spiro atoms. The number of hydrogen-bond donors (Lipinski definition) is 1. The Balaban J connectivity index is 2.30. The maximum atomic E-state index is 13.4. The van der Waals surface area contributed by atoms with Gasteiger partial charge in [-0.05, 0) is 24.3 Å². The van der Waals surface area contributed by atoms with Gasteiger partial charge in [0.05, 0.1) is 5.56 Å². The Labute approximate surface area is 103 Å². The minimum absolute atomic E-state index is 0.0557. The van der Waals surface area contributed by atoms with Gasteiger partial charge in [0.15, 0.2) is 5.78 Å². The second kappa shape index (κ2) is 4.96. The van der Waals surface area contributed by atoms with Gasteiger partial charge < -0.3 is 5.11 Å². The summed E-state index contributed by atoms with van der Waals surface area (Å²) in [6.45, 7) is 0. The highest BCUT2D eigenvalue weighted by Crippen LogP contribution is 2.20. The highest BCUT2D eigenvalue weighted by atomic mass is 19.1. The summed E-state index contributed by atoms with van der Waals surface area (Å²) in [6.07, 6.45) is -0.421. The van der Waals surface area contributed by atoms with Crippen LogP contribution in [0, 0.1) is 11.6 Å². The first-order chi connectivity index (χ1) is 8.59. The molecule has 1 N–H and O–H groups in total. The van der Waals surface area contributed by atoms with Gasteiger partial charge in [-0.3, -0.25) is 4.79 Å². The SMILES string of the molecule is O=C(Cc1c(F)cccc1F)c1ccccc1O. The molecule has 0 radical (unpaired) electrons. The van der Waals surface area contributed by atoms with Gasteiger partial charge in [-0.1, -0.05) is 18.2 Å². The van der Waals surface area contributed by atoms with Crippen LogP contribution in [0.3, 0.4) is 0 Å². The lowest BCUT2D eigenvalue weighted by molar-refractivity contribution is 0.0988. The van der Waals surface area contributed by atoms with Crippen LogP contribution in [0.4, 0.5) is 8.78 Å². The Hall–Kier alpha value is -2.23. The highest BCUT2D eigenvalue weighted by Gasteiger charge is 2.16. The molecule has 0 unspecified atom stereocenters. The van der Waals surface area contributed by atoms with Gasteiger partial charge in [0, 0.05) is 12.0 Å². The third-order valence-electron chi connectivity index (χ3n) is 2.60. The first-order valence-electron chi connectivity index (χ1n) is 5.33. The zero-order valence-electron chi connectivity index (χ0n) is 9.36. The van der Waals surface area contributed by atoms with E-state index in [1.807, 2.05) is 0 Å². The number of rotatable bonds is 3. The van der Waals surface area contributed by atoms with Crippen LogP contribution in [0.1, 0.15) is 15.9 Å². The second-order valence-electron chi connectivity index (χ2n) is 3.82. The summed E-state index contributed by atoms with van der Waals surface area (Å²) in [5, 5.41) is 9.49. The average Bonchev–Trinajstić information content (AvgIpc) is 2.34. The van der Waals surface area contributed by atoms with E-state index in [-0.39, 0.29) is 16.9 Å². The summed E-state index contributed by atoms with van der Waals surface area (Å²) >= 11 is 0. The maximum Gasteiger partial charge on any atom is 0.171 e. The van der Waals surface area contributed by atoms with Gasteiger partial charge in [0.25, 0.3) is 0 Å². The maximum absolute atomic E-state index is 13.4. The molecular weight excluding hydrogens is 238 g/mol. The fourth-order valence-electron chi connectivity index (χ4n) is 1.67. The molecular formula is C14H10F2O2. The van der Waals surface area contributed by atoms with E-state index in [9.17, 15) is 18.7 Å². The standard InChI is InChI=1S/C14H10F2O2/c15-11-5-3-6-12(16)10(11)8-14(18)9-4-1-2-7-13(9)17/h1-7,17H,8H2. The molecule has 0 aliphatic rings. The average molecular weight is 248 g/mol. The van der Waals surface area contributed by atoms with Crippen molar-refractivity contribution in [3.8, 4) is 5.75 Å². The van der Waals surface area contributed by atoms with E-state index in [4.69, 9.17) is 0 Å². The number of carbonyl (C=O) groups excluding carboxylic acids is 1. The third-order valence-corrected chi connectivity index (χ3v) is 2.60. The first-order valence-corrected chi connectivity index (χ1v) is 5.33. The summed E-state index contributed by atoms with van der Waals surface area (Å²) in [4.78, 5) is 11.8. The van der Waals surface area contributed by atoms with E-state index in [1.165, 1.54) is 18.2 Å². The molecule has 0 heterocycles. The van der Waals surface area contributed by atoms with Crippen molar-refractivity contribution in [3.05, 3.63) is 65.2 Å². The van der Waals surface area contributed by atoms with E-state index in [1.54, 1.807) is 12.1 Å². The van der Waals surface area contributed by atoms with Crippen LogP contribution in [0.25, 0.3) is 0 Å². The Bertz CT molecular complexity index is 574. The van der Waals surface area contributed by atoms with Crippen molar-refractivity contribution in [1.82, 2.24) is 0 Å². The fourth-order valence-corrected chi connectivity index (χ4v) is 1.67. The molecule has 0 saturated heterocycles. The molecule has 2 rings (SSSR count). The minimum Gasteiger partial charge on any atom is -0.507 e. The number of benzene rings is 2. The molecule has 2 nitrogen and oxygen atoms in total. The van der Waals surface area contributed by atoms with Gasteiger partial charge in [0.1, 0.15) is 17.4 Å². The van der Waals surface area contributed by atoms with E-state index < -0.39 is 23.8 Å². The fraction of sp³-hybridized carbons (Fsp3) is 0.0714. The van der Waals surface area contributed by atoms with Crippen molar-refractivity contribution in [2.75, 3.05) is 0 Å². The molecule has 2 aromatic carbocycles. The van der Waals surface area contributed by atoms with Crippen LogP contribution >= 0.6 is 0 Å². The van der Waals surface area contributed by atoms with Crippen molar-refractivity contribution in [1.29, 1.82) is 0 Å². The molecule has 0 aliphatic carbocycles. The molecule has 0 amide bonds. The van der Waals surface area contributed by atoms with Gasteiger partial charge in [-0.25, -0.2) is 8.78 Å². The Kier molecular flexibility index (Phi) is 3.37. The van der Waals surface area contributed by atoms with Gasteiger partial charge in [-0.15, -0.1) is 0 Å². The number of para-hydroxylation sites is 1. The number of phenolic OH excluding ortho intramolecular Hbond substituents is 1. The lowest BCUT2D eigenvalue weighted by Gasteiger charge is -2.05. The Morgan fingerprint density at radius 1 is 1.00 bits per heavy atom. The highest BCUT2D eigenvalue weighted by molar-refractivity contribution is 5.99. The zero-order chi connectivity index (χ0) is 13.1. The van der Waals surface area contributed by atoms with Crippen molar-refractivity contribution in [3.63, 3.8) is 0 Å². The number of halogens is 2. The second-order valence-corrected chi connectivity index (χ2v) is 3.82. The Morgan fingerprint density at radius 3 is 2.22 bits per heavy atom. The summed E-state index contributed by atoms with van der Waals surface area (Å²) in [7, 11) is 0. The molecule has 0 fully saturated rings.